The van der Waals surface area contributed by atoms with Crippen LogP contribution in [0.4, 0.5) is 0 Å². The fourth-order valence-electron chi connectivity index (χ4n) is 7.88. The maximum absolute atomic E-state index is 12.8. The molecule has 0 heterocycles. The lowest BCUT2D eigenvalue weighted by Crippen LogP contribution is -2.65. The predicted molar refractivity (Wildman–Crippen MR) is 227 cm³/mol. The number of carboxylic acid groups (broad SMARTS) is 2. The maximum atomic E-state index is 12.8. The third-order valence-corrected chi connectivity index (χ3v) is 15.5. The summed E-state index contributed by atoms with van der Waals surface area (Å²) in [4.78, 5) is 34.1. The molecule has 0 spiro atoms. The molecule has 0 radical (unpaired) electrons. The van der Waals surface area contributed by atoms with E-state index in [0.717, 1.165) is 68.2 Å². The van der Waals surface area contributed by atoms with Crippen molar-refractivity contribution in [2.24, 2.45) is 5.92 Å². The van der Waals surface area contributed by atoms with Gasteiger partial charge in [-0.3, -0.25) is 9.59 Å². The van der Waals surface area contributed by atoms with Crippen molar-refractivity contribution in [3.63, 3.8) is 0 Å². The molecule has 0 amide bonds. The van der Waals surface area contributed by atoms with Crippen LogP contribution in [0.25, 0.3) is 0 Å². The van der Waals surface area contributed by atoms with Crippen molar-refractivity contribution in [3.8, 4) is 0 Å². The molecule has 0 aliphatic rings. The van der Waals surface area contributed by atoms with Crippen LogP contribution in [0.2, 0.25) is 5.04 Å². The van der Waals surface area contributed by atoms with Crippen LogP contribution in [0, 0.1) is 5.92 Å². The quantitative estimate of drug-likeness (QED) is 0.0384. The number of aliphatic carboxylic acids is 2. The van der Waals surface area contributed by atoms with E-state index < -0.39 is 20.3 Å². The van der Waals surface area contributed by atoms with E-state index in [2.05, 4.69) is 86.7 Å². The summed E-state index contributed by atoms with van der Waals surface area (Å²) in [6, 6.07) is 21.0. The van der Waals surface area contributed by atoms with Gasteiger partial charge in [0.15, 0.2) is 0 Å². The minimum atomic E-state index is -3.03. The molecule has 0 aliphatic carbocycles. The van der Waals surface area contributed by atoms with E-state index in [9.17, 15) is 14.4 Å². The van der Waals surface area contributed by atoms with E-state index >= 15 is 0 Å². The van der Waals surface area contributed by atoms with Crippen molar-refractivity contribution >= 4 is 30.6 Å². The first-order valence-corrected chi connectivity index (χ1v) is 23.2. The topological polar surface area (TPSA) is 94.8 Å². The van der Waals surface area contributed by atoms with Gasteiger partial charge < -0.3 is 15.0 Å². The molecule has 0 atom stereocenters. The fourth-order valence-corrected chi connectivity index (χ4v) is 11.7. The Hall–Kier alpha value is -2.96. The molecule has 0 unspecified atom stereocenters. The number of hydrogen-bond donors (Lipinski definition) is 3. The maximum Gasteiger partial charge on any atom is 0.303 e. The minimum Gasteiger partial charge on any atom is -0.481 e. The minimum absolute atomic E-state index is 0.214. The first kappa shape index (κ1) is 46.2. The van der Waals surface area contributed by atoms with Gasteiger partial charge in [-0.05, 0) is 92.0 Å². The van der Waals surface area contributed by atoms with Crippen molar-refractivity contribution in [1.29, 1.82) is 0 Å². The molecule has 0 aromatic heterocycles. The molecule has 0 saturated carbocycles. The van der Waals surface area contributed by atoms with Crippen molar-refractivity contribution < 1.29 is 24.6 Å². The molecule has 2 aromatic rings. The standard InChI is InChI=1S/C47H74O5Si/c1-47(2,53(52,43-35-27-23-28-36-43)44-37-29-24-30-38-44)41-42(33-25-19-15-11-7-3-5-9-13-17-21-31-39-45(48)49)34-26-20-16-12-8-4-6-10-14-18-22-32-40-46(50)51/h9-10,13-14,23-24,27-30,35-38,42,52H,3-8,11-12,15-22,25-26,31-34,39-41H2,1-2H3,(H,48,49)(H,50,51)/b13-9-,14-10-. The summed E-state index contributed by atoms with van der Waals surface area (Å²) < 4.78 is 0. The smallest absolute Gasteiger partial charge is 0.303 e. The number of carboxylic acids is 2. The van der Waals surface area contributed by atoms with Crippen LogP contribution in [0.3, 0.4) is 0 Å². The lowest BCUT2D eigenvalue weighted by atomic mass is 9.87. The Kier molecular flexibility index (Phi) is 24.8. The summed E-state index contributed by atoms with van der Waals surface area (Å²) in [5.74, 6) is -0.786. The number of allylic oxidation sites excluding steroid dienone is 4. The highest BCUT2D eigenvalue weighted by atomic mass is 28.4. The molecular formula is C47H74O5Si. The summed E-state index contributed by atoms with van der Waals surface area (Å²) in [5.41, 5.74) is 0. The molecule has 53 heavy (non-hydrogen) atoms. The van der Waals surface area contributed by atoms with E-state index in [4.69, 9.17) is 10.2 Å². The van der Waals surface area contributed by atoms with Gasteiger partial charge in [0.05, 0.1) is 0 Å². The highest BCUT2D eigenvalue weighted by molar-refractivity contribution is 6.98. The summed E-state index contributed by atoms with van der Waals surface area (Å²) in [6.07, 6.45) is 36.0. The van der Waals surface area contributed by atoms with E-state index in [1.54, 1.807) is 0 Å². The van der Waals surface area contributed by atoms with Crippen LogP contribution in [0.5, 0.6) is 0 Å². The Morgan fingerprint density at radius 1 is 0.528 bits per heavy atom. The monoisotopic (exact) mass is 747 g/mol. The summed E-state index contributed by atoms with van der Waals surface area (Å²) >= 11 is 0. The molecule has 0 aliphatic heterocycles. The van der Waals surface area contributed by atoms with Gasteiger partial charge in [0.25, 0.3) is 8.32 Å². The largest absolute Gasteiger partial charge is 0.481 e. The zero-order chi connectivity index (χ0) is 38.5. The average molecular weight is 747 g/mol. The predicted octanol–water partition coefficient (Wildman–Crippen LogP) is 12.2. The molecule has 5 nitrogen and oxygen atoms in total. The molecule has 6 heteroatoms. The molecular weight excluding hydrogens is 673 g/mol. The second-order valence-corrected chi connectivity index (χ2v) is 19.9. The number of rotatable bonds is 33. The first-order chi connectivity index (χ1) is 25.7. The van der Waals surface area contributed by atoms with Crippen LogP contribution >= 0.6 is 0 Å². The van der Waals surface area contributed by atoms with Crippen LogP contribution in [-0.4, -0.2) is 35.3 Å². The van der Waals surface area contributed by atoms with Gasteiger partial charge in [0.2, 0.25) is 0 Å². The lowest BCUT2D eigenvalue weighted by molar-refractivity contribution is -0.138. The van der Waals surface area contributed by atoms with Crippen LogP contribution in [0.1, 0.15) is 174 Å². The Morgan fingerprint density at radius 3 is 1.21 bits per heavy atom. The Labute approximate surface area is 324 Å². The summed E-state index contributed by atoms with van der Waals surface area (Å²) in [7, 11) is -3.03. The van der Waals surface area contributed by atoms with Gasteiger partial charge in [-0.1, -0.05) is 176 Å². The normalized spacial score (nSPS) is 12.4. The molecule has 0 bridgehead atoms. The zero-order valence-corrected chi connectivity index (χ0v) is 34.5. The Bertz CT molecular complexity index is 1180. The van der Waals surface area contributed by atoms with Crippen molar-refractivity contribution in [3.05, 3.63) is 85.0 Å². The van der Waals surface area contributed by atoms with Gasteiger partial charge >= 0.3 is 11.9 Å². The van der Waals surface area contributed by atoms with Gasteiger partial charge in [0.1, 0.15) is 0 Å². The number of carbonyl (C=O) groups is 2. The van der Waals surface area contributed by atoms with Gasteiger partial charge in [-0.15, -0.1) is 0 Å². The first-order valence-electron chi connectivity index (χ1n) is 21.2. The zero-order valence-electron chi connectivity index (χ0n) is 33.5. The number of hydrogen-bond acceptors (Lipinski definition) is 3. The molecule has 2 rings (SSSR count). The molecule has 296 valence electrons. The molecule has 0 saturated heterocycles. The van der Waals surface area contributed by atoms with Crippen molar-refractivity contribution in [1.82, 2.24) is 0 Å². The average Bonchev–Trinajstić information content (AvgIpc) is 3.14. The number of unbranched alkanes of at least 4 members (excludes halogenated alkanes) is 16. The van der Waals surface area contributed by atoms with Crippen LogP contribution < -0.4 is 10.4 Å². The van der Waals surface area contributed by atoms with E-state index in [-0.39, 0.29) is 17.9 Å². The van der Waals surface area contributed by atoms with Crippen molar-refractivity contribution in [2.45, 2.75) is 179 Å². The third kappa shape index (κ3) is 20.3. The molecule has 3 N–H and O–H groups in total. The lowest BCUT2D eigenvalue weighted by Gasteiger charge is -2.43. The highest BCUT2D eigenvalue weighted by Gasteiger charge is 2.50. The van der Waals surface area contributed by atoms with E-state index in [1.807, 2.05) is 12.1 Å². The Morgan fingerprint density at radius 2 is 0.849 bits per heavy atom. The van der Waals surface area contributed by atoms with Crippen LogP contribution in [-0.2, 0) is 9.59 Å². The second kappa shape index (κ2) is 28.5. The third-order valence-electron chi connectivity index (χ3n) is 11.0. The highest BCUT2D eigenvalue weighted by Crippen LogP contribution is 2.43. The van der Waals surface area contributed by atoms with Gasteiger partial charge in [0, 0.05) is 12.8 Å². The van der Waals surface area contributed by atoms with E-state index in [1.165, 1.54) is 89.9 Å². The van der Waals surface area contributed by atoms with Crippen molar-refractivity contribution in [2.75, 3.05) is 0 Å². The fraction of sp³-hybridized carbons (Fsp3) is 0.617. The summed E-state index contributed by atoms with van der Waals surface area (Å²) in [6.45, 7) is 4.67. The van der Waals surface area contributed by atoms with Gasteiger partial charge in [-0.2, -0.15) is 0 Å². The van der Waals surface area contributed by atoms with Gasteiger partial charge in [-0.25, -0.2) is 0 Å². The SMILES string of the molecule is CC(C)(CC(CCCCCCCC/C=C\CCCCC(=O)O)CCCCCCCC/C=C\CCCCC(=O)O)[Si](O)(c1ccccc1)c1ccccc1. The second-order valence-electron chi connectivity index (χ2n) is 16.0. The molecule has 0 fully saturated rings. The van der Waals surface area contributed by atoms with E-state index in [0.29, 0.717) is 5.92 Å². The Balaban J connectivity index is 1.83. The summed E-state index contributed by atoms with van der Waals surface area (Å²) in [5, 5.41) is 19.5. The van der Waals surface area contributed by atoms with Crippen LogP contribution in [0.15, 0.2) is 85.0 Å². The molecule has 2 aromatic carbocycles. The number of benzene rings is 2.